The number of rotatable bonds is 7. The monoisotopic (exact) mass is 387 g/mol. The largest absolute Gasteiger partial charge is 0.348 e. The van der Waals surface area contributed by atoms with Crippen molar-refractivity contribution in [3.63, 3.8) is 0 Å². The second kappa shape index (κ2) is 10.1. The molecule has 0 bridgehead atoms. The van der Waals surface area contributed by atoms with Crippen LogP contribution in [0.25, 0.3) is 0 Å². The Morgan fingerprint density at radius 2 is 1.31 bits per heavy atom. The van der Waals surface area contributed by atoms with E-state index in [-0.39, 0.29) is 11.9 Å². The molecule has 0 aliphatic carbocycles. The molecule has 3 aromatic carbocycles. The zero-order valence-corrected chi connectivity index (χ0v) is 16.3. The average molecular weight is 387 g/mol. The van der Waals surface area contributed by atoms with Crippen molar-refractivity contribution in [1.82, 2.24) is 10.6 Å². The number of para-hydroxylation sites is 1. The van der Waals surface area contributed by atoms with Gasteiger partial charge in [0.25, 0.3) is 0 Å². The van der Waals surface area contributed by atoms with Gasteiger partial charge in [-0.2, -0.15) is 0 Å². The van der Waals surface area contributed by atoms with Gasteiger partial charge in [-0.05, 0) is 30.2 Å². The molecule has 0 fully saturated rings. The van der Waals surface area contributed by atoms with Gasteiger partial charge in [-0.1, -0.05) is 78.9 Å². The molecule has 3 rings (SSSR count). The molecule has 148 valence electrons. The molecular weight excluding hydrogens is 362 g/mol. The van der Waals surface area contributed by atoms with Crippen LogP contribution < -0.4 is 16.0 Å². The van der Waals surface area contributed by atoms with Gasteiger partial charge in [0, 0.05) is 12.1 Å². The second-order valence-corrected chi connectivity index (χ2v) is 6.85. The van der Waals surface area contributed by atoms with Crippen LogP contribution in [0.3, 0.4) is 0 Å². The van der Waals surface area contributed by atoms with Crippen molar-refractivity contribution in [3.05, 3.63) is 102 Å². The maximum Gasteiger partial charge on any atom is 0.319 e. The minimum absolute atomic E-state index is 0.166. The lowest BCUT2D eigenvalue weighted by Gasteiger charge is -2.22. The Bertz CT molecular complexity index is 915. The fourth-order valence-electron chi connectivity index (χ4n) is 3.05. The molecule has 0 saturated carbocycles. The van der Waals surface area contributed by atoms with Crippen molar-refractivity contribution in [1.29, 1.82) is 0 Å². The fraction of sp³-hybridized carbons (Fsp3) is 0.167. The van der Waals surface area contributed by atoms with E-state index >= 15 is 0 Å². The summed E-state index contributed by atoms with van der Waals surface area (Å²) in [5.41, 5.74) is 2.65. The van der Waals surface area contributed by atoms with Crippen LogP contribution in [0, 0.1) is 0 Å². The van der Waals surface area contributed by atoms with Gasteiger partial charge < -0.3 is 16.0 Å². The van der Waals surface area contributed by atoms with Crippen molar-refractivity contribution in [2.75, 3.05) is 5.32 Å². The smallest absolute Gasteiger partial charge is 0.319 e. The highest BCUT2D eigenvalue weighted by Gasteiger charge is 2.23. The molecule has 0 spiro atoms. The van der Waals surface area contributed by atoms with Crippen LogP contribution in [0.15, 0.2) is 91.0 Å². The molecule has 3 aromatic rings. The van der Waals surface area contributed by atoms with Gasteiger partial charge in [-0.3, -0.25) is 4.79 Å². The summed E-state index contributed by atoms with van der Waals surface area (Å²) in [5, 5.41) is 8.58. The summed E-state index contributed by atoms with van der Waals surface area (Å²) in [5.74, 6) is -0.228. The lowest BCUT2D eigenvalue weighted by Crippen LogP contribution is -2.49. The predicted octanol–water partition coefficient (Wildman–Crippen LogP) is 4.30. The van der Waals surface area contributed by atoms with E-state index in [1.807, 2.05) is 85.8 Å². The number of carbonyl (C=O) groups is 2. The summed E-state index contributed by atoms with van der Waals surface area (Å²) in [6, 6.07) is 27.2. The van der Waals surface area contributed by atoms with E-state index < -0.39 is 12.1 Å². The Kier molecular flexibility index (Phi) is 7.00. The first-order valence-corrected chi connectivity index (χ1v) is 9.63. The van der Waals surface area contributed by atoms with Crippen molar-refractivity contribution in [3.8, 4) is 0 Å². The van der Waals surface area contributed by atoms with E-state index in [4.69, 9.17) is 0 Å². The van der Waals surface area contributed by atoms with Crippen molar-refractivity contribution >= 4 is 17.6 Å². The van der Waals surface area contributed by atoms with Crippen LogP contribution in [0.2, 0.25) is 0 Å². The maximum absolute atomic E-state index is 13.0. The summed E-state index contributed by atoms with van der Waals surface area (Å²) in [6.07, 6.45) is 0.399. The minimum Gasteiger partial charge on any atom is -0.348 e. The molecule has 5 heteroatoms. The van der Waals surface area contributed by atoms with Crippen LogP contribution in [0.5, 0.6) is 0 Å². The van der Waals surface area contributed by atoms with Crippen LogP contribution in [0.1, 0.15) is 24.1 Å². The number of amides is 3. The van der Waals surface area contributed by atoms with E-state index in [1.54, 1.807) is 12.1 Å². The van der Waals surface area contributed by atoms with Crippen molar-refractivity contribution in [2.45, 2.75) is 25.4 Å². The summed E-state index contributed by atoms with van der Waals surface area (Å²) in [4.78, 5) is 25.4. The average Bonchev–Trinajstić information content (AvgIpc) is 2.75. The molecule has 3 amide bonds. The molecule has 2 unspecified atom stereocenters. The standard InChI is InChI=1S/C24H25N3O2/c1-18(20-13-7-3-8-14-20)25-23(28)22(17-19-11-5-2-6-12-19)27-24(29)26-21-15-9-4-10-16-21/h2-16,18,22H,17H2,1H3,(H,25,28)(H2,26,27,29). The van der Waals surface area contributed by atoms with E-state index in [2.05, 4.69) is 16.0 Å². The lowest BCUT2D eigenvalue weighted by atomic mass is 10.0. The summed E-state index contributed by atoms with van der Waals surface area (Å²) < 4.78 is 0. The zero-order chi connectivity index (χ0) is 20.5. The molecule has 0 aromatic heterocycles. The molecule has 5 nitrogen and oxygen atoms in total. The number of urea groups is 1. The van der Waals surface area contributed by atoms with Crippen LogP contribution in [0.4, 0.5) is 10.5 Å². The number of benzene rings is 3. The van der Waals surface area contributed by atoms with E-state index in [0.29, 0.717) is 12.1 Å². The van der Waals surface area contributed by atoms with Gasteiger partial charge in [0.15, 0.2) is 0 Å². The first-order valence-electron chi connectivity index (χ1n) is 9.63. The number of nitrogens with one attached hydrogen (secondary N) is 3. The predicted molar refractivity (Wildman–Crippen MR) is 116 cm³/mol. The molecule has 3 N–H and O–H groups in total. The van der Waals surface area contributed by atoms with Gasteiger partial charge in [0.1, 0.15) is 6.04 Å². The fourth-order valence-corrected chi connectivity index (χ4v) is 3.05. The first-order chi connectivity index (χ1) is 14.1. The number of carbonyl (C=O) groups excluding carboxylic acids is 2. The van der Waals surface area contributed by atoms with Gasteiger partial charge in [0.05, 0.1) is 6.04 Å². The second-order valence-electron chi connectivity index (χ2n) is 6.85. The molecule has 2 atom stereocenters. The topological polar surface area (TPSA) is 70.2 Å². The van der Waals surface area contributed by atoms with Crippen molar-refractivity contribution in [2.24, 2.45) is 0 Å². The summed E-state index contributed by atoms with van der Waals surface area (Å²) in [6.45, 7) is 1.93. The highest BCUT2D eigenvalue weighted by Crippen LogP contribution is 2.12. The molecule has 29 heavy (non-hydrogen) atoms. The molecule has 0 aliphatic rings. The summed E-state index contributed by atoms with van der Waals surface area (Å²) >= 11 is 0. The molecular formula is C24H25N3O2. The maximum atomic E-state index is 13.0. The van der Waals surface area contributed by atoms with E-state index in [9.17, 15) is 9.59 Å². The van der Waals surface area contributed by atoms with Gasteiger partial charge in [-0.15, -0.1) is 0 Å². The van der Waals surface area contributed by atoms with E-state index in [1.165, 1.54) is 0 Å². The Balaban J connectivity index is 1.69. The minimum atomic E-state index is -0.702. The van der Waals surface area contributed by atoms with Crippen LogP contribution in [-0.2, 0) is 11.2 Å². The molecule has 0 radical (unpaired) electrons. The third-order valence-electron chi connectivity index (χ3n) is 4.59. The third kappa shape index (κ3) is 6.21. The number of hydrogen-bond donors (Lipinski definition) is 3. The SMILES string of the molecule is CC(NC(=O)C(Cc1ccccc1)NC(=O)Nc1ccccc1)c1ccccc1. The highest BCUT2D eigenvalue weighted by atomic mass is 16.2. The zero-order valence-electron chi connectivity index (χ0n) is 16.3. The van der Waals surface area contributed by atoms with Crippen molar-refractivity contribution < 1.29 is 9.59 Å². The van der Waals surface area contributed by atoms with Gasteiger partial charge in [0.2, 0.25) is 5.91 Å². The number of anilines is 1. The normalized spacial score (nSPS) is 12.4. The molecule has 0 saturated heterocycles. The van der Waals surface area contributed by atoms with Gasteiger partial charge in [-0.25, -0.2) is 4.79 Å². The highest BCUT2D eigenvalue weighted by molar-refractivity contribution is 5.93. The first kappa shape index (κ1) is 20.1. The lowest BCUT2D eigenvalue weighted by molar-refractivity contribution is -0.123. The quantitative estimate of drug-likeness (QED) is 0.566. The third-order valence-corrected chi connectivity index (χ3v) is 4.59. The van der Waals surface area contributed by atoms with E-state index in [0.717, 1.165) is 11.1 Å². The Morgan fingerprint density at radius 3 is 1.93 bits per heavy atom. The molecule has 0 heterocycles. The van der Waals surface area contributed by atoms with Gasteiger partial charge >= 0.3 is 6.03 Å². The van der Waals surface area contributed by atoms with Crippen LogP contribution >= 0.6 is 0 Å². The summed E-state index contributed by atoms with van der Waals surface area (Å²) in [7, 11) is 0. The number of hydrogen-bond acceptors (Lipinski definition) is 2. The Hall–Kier alpha value is -3.60. The van der Waals surface area contributed by atoms with Crippen LogP contribution in [-0.4, -0.2) is 18.0 Å². The molecule has 0 aliphatic heterocycles. The Labute approximate surface area is 171 Å². The Morgan fingerprint density at radius 1 is 0.759 bits per heavy atom.